The first kappa shape index (κ1) is 16.8. The first-order chi connectivity index (χ1) is 9.74. The van der Waals surface area contributed by atoms with Gasteiger partial charge in [0.05, 0.1) is 20.8 Å². The van der Waals surface area contributed by atoms with Crippen molar-refractivity contribution in [3.63, 3.8) is 0 Å². The predicted octanol–water partition coefficient (Wildman–Crippen LogP) is 2.24. The number of ether oxygens (including phenoxy) is 3. The number of hydrogen-bond acceptors (Lipinski definition) is 4. The smallest absolute Gasteiger partial charge is 0.258 e. The summed E-state index contributed by atoms with van der Waals surface area (Å²) in [5, 5.41) is 3.65. The second-order valence-electron chi connectivity index (χ2n) is 3.95. The number of carbonyl (C=O) groups excluding carboxylic acids is 1. The second kappa shape index (κ2) is 9.61. The topological polar surface area (TPSA) is 56.8 Å². The Bertz CT molecular complexity index is 403. The van der Waals surface area contributed by atoms with Crippen LogP contribution in [0.1, 0.15) is 16.8 Å². The summed E-state index contributed by atoms with van der Waals surface area (Å²) in [6.07, 6.45) is 0.760. The van der Waals surface area contributed by atoms with E-state index >= 15 is 0 Å². The normalized spacial score (nSPS) is 10.2. The van der Waals surface area contributed by atoms with Crippen molar-refractivity contribution in [1.29, 1.82) is 0 Å². The maximum atomic E-state index is 12.2. The van der Waals surface area contributed by atoms with Gasteiger partial charge in [-0.05, 0) is 18.6 Å². The van der Waals surface area contributed by atoms with Gasteiger partial charge in [-0.25, -0.2) is 0 Å². The van der Waals surface area contributed by atoms with Crippen LogP contribution in [0.5, 0.6) is 11.5 Å². The number of benzene rings is 1. The van der Waals surface area contributed by atoms with Crippen molar-refractivity contribution >= 4 is 21.8 Å². The van der Waals surface area contributed by atoms with Crippen molar-refractivity contribution in [2.24, 2.45) is 0 Å². The number of rotatable bonds is 9. The van der Waals surface area contributed by atoms with Gasteiger partial charge >= 0.3 is 0 Å². The highest BCUT2D eigenvalue weighted by atomic mass is 79.9. The molecule has 0 saturated carbocycles. The van der Waals surface area contributed by atoms with Crippen molar-refractivity contribution in [3.05, 3.63) is 23.8 Å². The molecule has 1 aromatic rings. The van der Waals surface area contributed by atoms with Crippen LogP contribution in [0, 0.1) is 0 Å². The highest BCUT2D eigenvalue weighted by Crippen LogP contribution is 2.27. The van der Waals surface area contributed by atoms with E-state index < -0.39 is 0 Å². The van der Waals surface area contributed by atoms with Gasteiger partial charge < -0.3 is 19.5 Å². The van der Waals surface area contributed by atoms with Crippen LogP contribution in [0.2, 0.25) is 0 Å². The fraction of sp³-hybridized carbons (Fsp3) is 0.500. The first-order valence-electron chi connectivity index (χ1n) is 6.37. The zero-order valence-electron chi connectivity index (χ0n) is 11.8. The molecule has 5 nitrogen and oxygen atoms in total. The molecule has 1 amide bonds. The number of alkyl halides is 1. The van der Waals surface area contributed by atoms with E-state index in [1.54, 1.807) is 18.2 Å². The molecule has 1 aromatic carbocycles. The number of amides is 1. The molecule has 0 heterocycles. The van der Waals surface area contributed by atoms with E-state index in [1.165, 1.54) is 14.2 Å². The van der Waals surface area contributed by atoms with Crippen LogP contribution in [0.3, 0.4) is 0 Å². The fourth-order valence-electron chi connectivity index (χ4n) is 1.70. The lowest BCUT2D eigenvalue weighted by molar-refractivity contribution is 0.0938. The van der Waals surface area contributed by atoms with Crippen LogP contribution in [0.25, 0.3) is 0 Å². The van der Waals surface area contributed by atoms with Crippen LogP contribution < -0.4 is 14.8 Å². The van der Waals surface area contributed by atoms with Gasteiger partial charge in [0.2, 0.25) is 0 Å². The number of halogens is 1. The SMILES string of the molecule is COc1cccc(OC)c1C(=O)NCCCOCCBr. The largest absolute Gasteiger partial charge is 0.496 e. The van der Waals surface area contributed by atoms with Gasteiger partial charge in [0.25, 0.3) is 5.91 Å². The minimum Gasteiger partial charge on any atom is -0.496 e. The molecule has 20 heavy (non-hydrogen) atoms. The number of carbonyl (C=O) groups is 1. The third-order valence-corrected chi connectivity index (χ3v) is 2.95. The molecule has 0 radical (unpaired) electrons. The van der Waals surface area contributed by atoms with Crippen molar-refractivity contribution in [1.82, 2.24) is 5.32 Å². The van der Waals surface area contributed by atoms with Gasteiger partial charge in [-0.2, -0.15) is 0 Å². The minimum absolute atomic E-state index is 0.209. The summed E-state index contributed by atoms with van der Waals surface area (Å²) in [5.74, 6) is 0.787. The Hall–Kier alpha value is -1.27. The monoisotopic (exact) mass is 345 g/mol. The Morgan fingerprint density at radius 1 is 1.20 bits per heavy atom. The number of hydrogen-bond donors (Lipinski definition) is 1. The molecule has 1 rings (SSSR count). The highest BCUT2D eigenvalue weighted by molar-refractivity contribution is 9.09. The van der Waals surface area contributed by atoms with Gasteiger partial charge in [0, 0.05) is 18.5 Å². The Morgan fingerprint density at radius 2 is 1.85 bits per heavy atom. The van der Waals surface area contributed by atoms with Crippen molar-refractivity contribution in [2.75, 3.05) is 39.3 Å². The van der Waals surface area contributed by atoms with Gasteiger partial charge in [-0.1, -0.05) is 22.0 Å². The van der Waals surface area contributed by atoms with Gasteiger partial charge in [-0.3, -0.25) is 4.79 Å². The molecule has 1 N–H and O–H groups in total. The van der Waals surface area contributed by atoms with Gasteiger partial charge in [0.15, 0.2) is 0 Å². The Morgan fingerprint density at radius 3 is 2.40 bits per heavy atom. The molecular formula is C14H20BrNO4. The summed E-state index contributed by atoms with van der Waals surface area (Å²) in [5.41, 5.74) is 0.416. The molecule has 0 aromatic heterocycles. The molecular weight excluding hydrogens is 326 g/mol. The molecule has 0 aliphatic carbocycles. The van der Waals surface area contributed by atoms with Crippen LogP contribution in [0.4, 0.5) is 0 Å². The van der Waals surface area contributed by atoms with Crippen LogP contribution in [-0.2, 0) is 4.74 Å². The molecule has 0 aliphatic rings. The Labute approximate surface area is 127 Å². The van der Waals surface area contributed by atoms with Crippen molar-refractivity contribution in [2.45, 2.75) is 6.42 Å². The zero-order chi connectivity index (χ0) is 14.8. The number of nitrogens with one attached hydrogen (secondary N) is 1. The molecule has 6 heteroatoms. The summed E-state index contributed by atoms with van der Waals surface area (Å²) >= 11 is 3.28. The van der Waals surface area contributed by atoms with E-state index in [-0.39, 0.29) is 5.91 Å². The fourth-order valence-corrected chi connectivity index (χ4v) is 1.93. The van der Waals surface area contributed by atoms with E-state index in [4.69, 9.17) is 14.2 Å². The summed E-state index contributed by atoms with van der Waals surface area (Å²) in [6.45, 7) is 1.84. The Balaban J connectivity index is 2.54. The Kier molecular flexibility index (Phi) is 8.06. The van der Waals surface area contributed by atoms with Crippen molar-refractivity contribution < 1.29 is 19.0 Å². The lowest BCUT2D eigenvalue weighted by atomic mass is 10.1. The van der Waals surface area contributed by atoms with Crippen molar-refractivity contribution in [3.8, 4) is 11.5 Å². The van der Waals surface area contributed by atoms with Gasteiger partial charge in [0.1, 0.15) is 17.1 Å². The lowest BCUT2D eigenvalue weighted by Crippen LogP contribution is -2.26. The third-order valence-electron chi connectivity index (χ3n) is 2.63. The second-order valence-corrected chi connectivity index (χ2v) is 4.74. The van der Waals surface area contributed by atoms with E-state index in [1.807, 2.05) is 0 Å². The molecule has 0 atom stereocenters. The summed E-state index contributed by atoms with van der Waals surface area (Å²) in [4.78, 5) is 12.2. The molecule has 0 unspecified atom stereocenters. The number of methoxy groups -OCH3 is 2. The van der Waals surface area contributed by atoms with Crippen LogP contribution >= 0.6 is 15.9 Å². The molecule has 0 saturated heterocycles. The zero-order valence-corrected chi connectivity index (χ0v) is 13.4. The minimum atomic E-state index is -0.209. The van der Waals surface area contributed by atoms with E-state index in [2.05, 4.69) is 21.2 Å². The third kappa shape index (κ3) is 5.02. The average Bonchev–Trinajstić information content (AvgIpc) is 2.49. The van der Waals surface area contributed by atoms with Crippen LogP contribution in [-0.4, -0.2) is 45.2 Å². The molecule has 0 spiro atoms. The van der Waals surface area contributed by atoms with E-state index in [9.17, 15) is 4.79 Å². The molecule has 0 bridgehead atoms. The first-order valence-corrected chi connectivity index (χ1v) is 7.49. The molecule has 0 aliphatic heterocycles. The quantitative estimate of drug-likeness (QED) is 0.550. The summed E-state index contributed by atoms with van der Waals surface area (Å²) in [6, 6.07) is 5.25. The highest BCUT2D eigenvalue weighted by Gasteiger charge is 2.17. The average molecular weight is 346 g/mol. The van der Waals surface area contributed by atoms with E-state index in [0.29, 0.717) is 36.8 Å². The van der Waals surface area contributed by atoms with Crippen LogP contribution in [0.15, 0.2) is 18.2 Å². The predicted molar refractivity (Wildman–Crippen MR) is 81.1 cm³/mol. The maximum absolute atomic E-state index is 12.2. The lowest BCUT2D eigenvalue weighted by Gasteiger charge is -2.12. The molecule has 0 fully saturated rings. The maximum Gasteiger partial charge on any atom is 0.258 e. The van der Waals surface area contributed by atoms with Gasteiger partial charge in [-0.15, -0.1) is 0 Å². The standard InChI is InChI=1S/C14H20BrNO4/c1-18-11-5-3-6-12(19-2)13(11)14(17)16-8-4-9-20-10-7-15/h3,5-6H,4,7-10H2,1-2H3,(H,16,17). The molecule has 112 valence electrons. The summed E-state index contributed by atoms with van der Waals surface area (Å²) in [7, 11) is 3.05. The van der Waals surface area contributed by atoms with E-state index in [0.717, 1.165) is 11.8 Å². The summed E-state index contributed by atoms with van der Waals surface area (Å²) < 4.78 is 15.7.